The number of nitrogens with zero attached hydrogens (tertiary/aromatic N) is 1. The molecule has 0 saturated heterocycles. The maximum atomic E-state index is 13.4. The van der Waals surface area contributed by atoms with E-state index in [9.17, 15) is 4.39 Å². The molecule has 0 spiro atoms. The topological polar surface area (TPSA) is 40.7 Å². The van der Waals surface area contributed by atoms with Crippen LogP contribution < -0.4 is 5.32 Å². The number of rotatable bonds is 4. The maximum Gasteiger partial charge on any atom is 0.142 e. The number of benzene rings is 1. The lowest BCUT2D eigenvalue weighted by Crippen LogP contribution is -2.18. The van der Waals surface area contributed by atoms with Crippen LogP contribution in [0.2, 0.25) is 10.0 Å². The second-order valence-corrected chi connectivity index (χ2v) is 4.78. The van der Waals surface area contributed by atoms with E-state index in [0.29, 0.717) is 17.1 Å². The van der Waals surface area contributed by atoms with Gasteiger partial charge in [0.1, 0.15) is 5.82 Å². The molecule has 0 fully saturated rings. The predicted octanol–water partition coefficient (Wildman–Crippen LogP) is 3.71. The molecule has 0 saturated carbocycles. The second kappa shape index (κ2) is 5.69. The van der Waals surface area contributed by atoms with E-state index in [2.05, 4.69) is 15.3 Å². The van der Waals surface area contributed by atoms with Crippen LogP contribution >= 0.6 is 23.2 Å². The van der Waals surface area contributed by atoms with Gasteiger partial charge in [-0.3, -0.25) is 0 Å². The van der Waals surface area contributed by atoms with Gasteiger partial charge in [-0.05, 0) is 24.6 Å². The SMILES string of the molecule is CC(NCc1cnc[nH]1)c1cc(F)c(Cl)cc1Cl. The minimum Gasteiger partial charge on any atom is -0.347 e. The van der Waals surface area contributed by atoms with Crippen LogP contribution in [0.3, 0.4) is 0 Å². The number of nitrogens with one attached hydrogen (secondary N) is 2. The van der Waals surface area contributed by atoms with E-state index in [-0.39, 0.29) is 11.1 Å². The predicted molar refractivity (Wildman–Crippen MR) is 70.3 cm³/mol. The van der Waals surface area contributed by atoms with Crippen LogP contribution in [0.5, 0.6) is 0 Å². The standard InChI is InChI=1S/C12H12Cl2FN3/c1-7(17-5-8-4-16-6-18-8)9-2-12(15)11(14)3-10(9)13/h2-4,6-7,17H,5H2,1H3,(H,16,18). The Kier molecular flexibility index (Phi) is 4.22. The van der Waals surface area contributed by atoms with Gasteiger partial charge in [0.15, 0.2) is 0 Å². The van der Waals surface area contributed by atoms with Crippen molar-refractivity contribution >= 4 is 23.2 Å². The number of aromatic amines is 1. The molecule has 1 heterocycles. The summed E-state index contributed by atoms with van der Waals surface area (Å²) in [5.41, 5.74) is 1.63. The molecular formula is C12H12Cl2FN3. The molecule has 0 aliphatic rings. The molecule has 0 amide bonds. The normalized spacial score (nSPS) is 12.7. The molecule has 2 N–H and O–H groups in total. The van der Waals surface area contributed by atoms with Crippen LogP contribution in [-0.4, -0.2) is 9.97 Å². The molecule has 1 aromatic carbocycles. The Morgan fingerprint density at radius 1 is 1.39 bits per heavy atom. The Labute approximate surface area is 114 Å². The van der Waals surface area contributed by atoms with Gasteiger partial charge in [-0.15, -0.1) is 0 Å². The maximum absolute atomic E-state index is 13.4. The smallest absolute Gasteiger partial charge is 0.142 e. The van der Waals surface area contributed by atoms with Gasteiger partial charge in [0.2, 0.25) is 0 Å². The van der Waals surface area contributed by atoms with Crippen molar-refractivity contribution in [2.45, 2.75) is 19.5 Å². The summed E-state index contributed by atoms with van der Waals surface area (Å²) in [6.45, 7) is 2.51. The molecule has 3 nitrogen and oxygen atoms in total. The Hall–Kier alpha value is -1.10. The van der Waals surface area contributed by atoms with E-state index in [1.165, 1.54) is 12.1 Å². The van der Waals surface area contributed by atoms with Gasteiger partial charge in [-0.25, -0.2) is 9.37 Å². The number of aromatic nitrogens is 2. The Bertz CT molecular complexity index is 528. The third-order valence-electron chi connectivity index (χ3n) is 2.66. The first-order valence-corrected chi connectivity index (χ1v) is 6.18. The summed E-state index contributed by atoms with van der Waals surface area (Å²) in [6, 6.07) is 2.69. The van der Waals surface area contributed by atoms with Crippen LogP contribution in [0.25, 0.3) is 0 Å². The summed E-state index contributed by atoms with van der Waals surface area (Å²) in [4.78, 5) is 6.89. The Morgan fingerprint density at radius 3 is 2.83 bits per heavy atom. The third kappa shape index (κ3) is 3.02. The summed E-state index contributed by atoms with van der Waals surface area (Å²) in [6.07, 6.45) is 3.33. The largest absolute Gasteiger partial charge is 0.347 e. The molecular weight excluding hydrogens is 276 g/mol. The summed E-state index contributed by atoms with van der Waals surface area (Å²) >= 11 is 11.7. The van der Waals surface area contributed by atoms with Gasteiger partial charge in [0, 0.05) is 29.5 Å². The zero-order valence-corrected chi connectivity index (χ0v) is 11.2. The average Bonchev–Trinajstić information content (AvgIpc) is 2.84. The Morgan fingerprint density at radius 2 is 2.17 bits per heavy atom. The Balaban J connectivity index is 2.09. The van der Waals surface area contributed by atoms with E-state index >= 15 is 0 Å². The summed E-state index contributed by atoms with van der Waals surface area (Å²) in [7, 11) is 0. The lowest BCUT2D eigenvalue weighted by atomic mass is 10.1. The van der Waals surface area contributed by atoms with Crippen molar-refractivity contribution in [2.75, 3.05) is 0 Å². The monoisotopic (exact) mass is 287 g/mol. The van der Waals surface area contributed by atoms with Gasteiger partial charge in [-0.1, -0.05) is 23.2 Å². The molecule has 96 valence electrons. The van der Waals surface area contributed by atoms with Crippen molar-refractivity contribution in [2.24, 2.45) is 0 Å². The molecule has 2 aromatic rings. The quantitative estimate of drug-likeness (QED) is 0.842. The first kappa shape index (κ1) is 13.3. The molecule has 1 aromatic heterocycles. The van der Waals surface area contributed by atoms with E-state index in [4.69, 9.17) is 23.2 Å². The van der Waals surface area contributed by atoms with Crippen molar-refractivity contribution < 1.29 is 4.39 Å². The zero-order chi connectivity index (χ0) is 13.1. The first-order chi connectivity index (χ1) is 8.58. The fraction of sp³-hybridized carbons (Fsp3) is 0.250. The van der Waals surface area contributed by atoms with Gasteiger partial charge in [0.05, 0.1) is 11.3 Å². The highest BCUT2D eigenvalue weighted by atomic mass is 35.5. The van der Waals surface area contributed by atoms with E-state index < -0.39 is 5.82 Å². The molecule has 2 rings (SSSR count). The van der Waals surface area contributed by atoms with Crippen molar-refractivity contribution in [1.29, 1.82) is 0 Å². The second-order valence-electron chi connectivity index (χ2n) is 3.97. The molecule has 18 heavy (non-hydrogen) atoms. The van der Waals surface area contributed by atoms with Crippen LogP contribution in [0.15, 0.2) is 24.7 Å². The van der Waals surface area contributed by atoms with Gasteiger partial charge in [0.25, 0.3) is 0 Å². The van der Waals surface area contributed by atoms with Crippen LogP contribution in [-0.2, 0) is 6.54 Å². The molecule has 0 aliphatic carbocycles. The van der Waals surface area contributed by atoms with Gasteiger partial charge >= 0.3 is 0 Å². The van der Waals surface area contributed by atoms with Gasteiger partial charge < -0.3 is 10.3 Å². The van der Waals surface area contributed by atoms with Crippen molar-refractivity contribution in [1.82, 2.24) is 15.3 Å². The number of halogens is 3. The number of imidazole rings is 1. The molecule has 1 atom stereocenters. The lowest BCUT2D eigenvalue weighted by Gasteiger charge is -2.15. The highest BCUT2D eigenvalue weighted by Gasteiger charge is 2.13. The highest BCUT2D eigenvalue weighted by molar-refractivity contribution is 6.35. The number of H-pyrrole nitrogens is 1. The number of hydrogen-bond donors (Lipinski definition) is 2. The van der Waals surface area contributed by atoms with E-state index in [1.54, 1.807) is 12.5 Å². The van der Waals surface area contributed by atoms with Crippen molar-refractivity contribution in [3.63, 3.8) is 0 Å². The minimum absolute atomic E-state index is 0.0320. The molecule has 6 heteroatoms. The minimum atomic E-state index is -0.466. The fourth-order valence-electron chi connectivity index (χ4n) is 1.62. The summed E-state index contributed by atoms with van der Waals surface area (Å²) in [5.74, 6) is -0.466. The van der Waals surface area contributed by atoms with Gasteiger partial charge in [-0.2, -0.15) is 0 Å². The van der Waals surface area contributed by atoms with E-state index in [1.807, 2.05) is 6.92 Å². The summed E-state index contributed by atoms with van der Waals surface area (Å²) < 4.78 is 13.4. The van der Waals surface area contributed by atoms with Crippen molar-refractivity contribution in [3.8, 4) is 0 Å². The molecule has 0 aliphatic heterocycles. The van der Waals surface area contributed by atoms with E-state index in [0.717, 1.165) is 5.69 Å². The first-order valence-electron chi connectivity index (χ1n) is 5.43. The van der Waals surface area contributed by atoms with Crippen LogP contribution in [0.4, 0.5) is 4.39 Å². The molecule has 0 radical (unpaired) electrons. The molecule has 1 unspecified atom stereocenters. The third-order valence-corrected chi connectivity index (χ3v) is 3.28. The summed E-state index contributed by atoms with van der Waals surface area (Å²) in [5, 5.41) is 3.71. The van der Waals surface area contributed by atoms with Crippen molar-refractivity contribution in [3.05, 3.63) is 51.8 Å². The van der Waals surface area contributed by atoms with Crippen LogP contribution in [0, 0.1) is 5.82 Å². The highest BCUT2D eigenvalue weighted by Crippen LogP contribution is 2.28. The zero-order valence-electron chi connectivity index (χ0n) is 9.67. The average molecular weight is 288 g/mol. The fourth-order valence-corrected chi connectivity index (χ4v) is 2.17. The number of hydrogen-bond acceptors (Lipinski definition) is 2. The lowest BCUT2D eigenvalue weighted by molar-refractivity contribution is 0.560. The van der Waals surface area contributed by atoms with Crippen LogP contribution in [0.1, 0.15) is 24.2 Å². The molecule has 0 bridgehead atoms.